The van der Waals surface area contributed by atoms with Crippen molar-refractivity contribution in [3.63, 3.8) is 0 Å². The smallest absolute Gasteiger partial charge is 0.315 e. The Labute approximate surface area is 176 Å². The fourth-order valence-corrected chi connectivity index (χ4v) is 4.54. The zero-order valence-corrected chi connectivity index (χ0v) is 17.2. The first-order valence-electron chi connectivity index (χ1n) is 10.9. The molecule has 4 rings (SSSR count). The number of carbonyl (C=O) groups excluding carboxylic acids is 1. The first-order chi connectivity index (χ1) is 14.6. The van der Waals surface area contributed by atoms with Gasteiger partial charge < -0.3 is 10.6 Å². The van der Waals surface area contributed by atoms with Gasteiger partial charge in [-0.1, -0.05) is 31.0 Å². The van der Waals surface area contributed by atoms with Crippen molar-refractivity contribution in [2.45, 2.75) is 57.2 Å². The fourth-order valence-electron chi connectivity index (χ4n) is 4.54. The van der Waals surface area contributed by atoms with E-state index in [1.165, 1.54) is 25.0 Å². The van der Waals surface area contributed by atoms with Gasteiger partial charge in [-0.2, -0.15) is 0 Å². The Morgan fingerprint density at radius 2 is 1.63 bits per heavy atom. The van der Waals surface area contributed by atoms with Crippen LogP contribution >= 0.6 is 0 Å². The maximum atomic E-state index is 14.1. The number of carbonyl (C=O) groups is 1. The maximum absolute atomic E-state index is 14.1. The molecule has 2 aromatic rings. The van der Waals surface area contributed by atoms with E-state index >= 15 is 0 Å². The van der Waals surface area contributed by atoms with Crippen molar-refractivity contribution in [3.8, 4) is 11.1 Å². The number of hydrogen-bond donors (Lipinski definition) is 2. The second kappa shape index (κ2) is 9.56. The van der Waals surface area contributed by atoms with Gasteiger partial charge in [0.15, 0.2) is 0 Å². The molecule has 2 aromatic carbocycles. The summed E-state index contributed by atoms with van der Waals surface area (Å²) in [5, 5.41) is 6.21. The highest BCUT2D eigenvalue weighted by atomic mass is 19.1. The Hall–Kier alpha value is -2.47. The van der Waals surface area contributed by atoms with Crippen LogP contribution in [-0.2, 0) is 6.54 Å². The summed E-state index contributed by atoms with van der Waals surface area (Å²) in [5.74, 6) is -1.12. The van der Waals surface area contributed by atoms with Crippen molar-refractivity contribution in [1.29, 1.82) is 0 Å². The molecule has 0 atom stereocenters. The minimum atomic E-state index is -0.569. The third kappa shape index (κ3) is 5.36. The van der Waals surface area contributed by atoms with Gasteiger partial charge in [0.05, 0.1) is 0 Å². The van der Waals surface area contributed by atoms with Crippen molar-refractivity contribution < 1.29 is 13.6 Å². The molecule has 2 aliphatic rings. The van der Waals surface area contributed by atoms with Gasteiger partial charge >= 0.3 is 6.03 Å². The van der Waals surface area contributed by atoms with Crippen LogP contribution in [0.15, 0.2) is 42.5 Å². The number of nitrogens with one attached hydrogen (secondary N) is 2. The summed E-state index contributed by atoms with van der Waals surface area (Å²) in [6.07, 6.45) is 6.44. The molecule has 1 saturated heterocycles. The molecule has 0 spiro atoms. The van der Waals surface area contributed by atoms with E-state index in [4.69, 9.17) is 0 Å². The lowest BCUT2D eigenvalue weighted by Gasteiger charge is -2.32. The molecular weight excluding hydrogens is 384 g/mol. The maximum Gasteiger partial charge on any atom is 0.315 e. The van der Waals surface area contributed by atoms with Gasteiger partial charge in [0.1, 0.15) is 11.6 Å². The first kappa shape index (κ1) is 20.8. The van der Waals surface area contributed by atoms with Crippen LogP contribution in [-0.4, -0.2) is 36.1 Å². The molecule has 2 N–H and O–H groups in total. The highest BCUT2D eigenvalue weighted by molar-refractivity contribution is 5.74. The van der Waals surface area contributed by atoms with Gasteiger partial charge in [0, 0.05) is 43.3 Å². The summed E-state index contributed by atoms with van der Waals surface area (Å²) in [6, 6.07) is 12.0. The summed E-state index contributed by atoms with van der Waals surface area (Å²) in [4.78, 5) is 14.5. The van der Waals surface area contributed by atoms with Crippen LogP contribution in [0.3, 0.4) is 0 Å². The van der Waals surface area contributed by atoms with Gasteiger partial charge in [-0.25, -0.2) is 13.6 Å². The molecule has 1 aliphatic heterocycles. The Morgan fingerprint density at radius 3 is 2.33 bits per heavy atom. The summed E-state index contributed by atoms with van der Waals surface area (Å²) in [7, 11) is 0. The monoisotopic (exact) mass is 413 g/mol. The van der Waals surface area contributed by atoms with E-state index in [0.717, 1.165) is 62.5 Å². The SMILES string of the molecule is O=C(NC1CCCC1)NC1CCN(Cc2cccc(-c3ccc(F)cc3F)c2)CC1. The van der Waals surface area contributed by atoms with E-state index in [1.807, 2.05) is 24.3 Å². The van der Waals surface area contributed by atoms with Crippen LogP contribution in [0, 0.1) is 11.6 Å². The first-order valence-corrected chi connectivity index (χ1v) is 10.9. The molecule has 6 heteroatoms. The van der Waals surface area contributed by atoms with Gasteiger partial charge in [-0.3, -0.25) is 4.90 Å². The topological polar surface area (TPSA) is 44.4 Å². The van der Waals surface area contributed by atoms with Gasteiger partial charge in [0.2, 0.25) is 0 Å². The Morgan fingerprint density at radius 1 is 0.933 bits per heavy atom. The van der Waals surface area contributed by atoms with E-state index in [9.17, 15) is 13.6 Å². The summed E-state index contributed by atoms with van der Waals surface area (Å²) < 4.78 is 27.3. The van der Waals surface area contributed by atoms with Gasteiger partial charge in [-0.15, -0.1) is 0 Å². The predicted molar refractivity (Wildman–Crippen MR) is 114 cm³/mol. The van der Waals surface area contributed by atoms with Crippen LogP contribution in [0.1, 0.15) is 44.1 Å². The Balaban J connectivity index is 1.28. The molecule has 0 bridgehead atoms. The van der Waals surface area contributed by atoms with Gasteiger partial charge in [-0.05, 0) is 55.0 Å². The minimum Gasteiger partial charge on any atom is -0.335 e. The van der Waals surface area contributed by atoms with Crippen molar-refractivity contribution in [2.75, 3.05) is 13.1 Å². The average molecular weight is 414 g/mol. The zero-order valence-electron chi connectivity index (χ0n) is 17.2. The number of benzene rings is 2. The van der Waals surface area contributed by atoms with E-state index in [1.54, 1.807) is 0 Å². The molecule has 0 aromatic heterocycles. The molecule has 30 heavy (non-hydrogen) atoms. The van der Waals surface area contributed by atoms with Crippen LogP contribution in [0.5, 0.6) is 0 Å². The average Bonchev–Trinajstić information content (AvgIpc) is 3.22. The van der Waals surface area contributed by atoms with Crippen LogP contribution < -0.4 is 10.6 Å². The normalized spacial score (nSPS) is 18.5. The highest BCUT2D eigenvalue weighted by Crippen LogP contribution is 2.25. The Bertz CT molecular complexity index is 875. The van der Waals surface area contributed by atoms with Crippen molar-refractivity contribution in [2.24, 2.45) is 0 Å². The number of hydrogen-bond acceptors (Lipinski definition) is 2. The van der Waals surface area contributed by atoms with E-state index in [0.29, 0.717) is 11.6 Å². The highest BCUT2D eigenvalue weighted by Gasteiger charge is 2.23. The largest absolute Gasteiger partial charge is 0.335 e. The van der Waals surface area contributed by atoms with Crippen molar-refractivity contribution in [1.82, 2.24) is 15.5 Å². The lowest BCUT2D eigenvalue weighted by molar-refractivity contribution is 0.185. The van der Waals surface area contributed by atoms with Crippen molar-refractivity contribution >= 4 is 6.03 Å². The number of urea groups is 1. The molecule has 2 fully saturated rings. The summed E-state index contributed by atoms with van der Waals surface area (Å²) >= 11 is 0. The second-order valence-electron chi connectivity index (χ2n) is 8.47. The lowest BCUT2D eigenvalue weighted by atomic mass is 10.0. The number of halogens is 2. The van der Waals surface area contributed by atoms with Crippen LogP contribution in [0.25, 0.3) is 11.1 Å². The molecule has 1 heterocycles. The quantitative estimate of drug-likeness (QED) is 0.737. The fraction of sp³-hybridized carbons (Fsp3) is 0.458. The Kier molecular flexibility index (Phi) is 6.62. The number of nitrogens with zero attached hydrogens (tertiary/aromatic N) is 1. The molecule has 0 radical (unpaired) electrons. The molecular formula is C24H29F2N3O. The lowest BCUT2D eigenvalue weighted by Crippen LogP contribution is -2.49. The van der Waals surface area contributed by atoms with E-state index in [2.05, 4.69) is 15.5 Å². The van der Waals surface area contributed by atoms with Crippen LogP contribution in [0.4, 0.5) is 13.6 Å². The third-order valence-electron chi connectivity index (χ3n) is 6.19. The van der Waals surface area contributed by atoms with E-state index < -0.39 is 11.6 Å². The number of likely N-dealkylation sites (tertiary alicyclic amines) is 1. The molecule has 160 valence electrons. The molecule has 1 saturated carbocycles. The number of piperidine rings is 1. The zero-order chi connectivity index (χ0) is 20.9. The number of rotatable bonds is 5. The second-order valence-corrected chi connectivity index (χ2v) is 8.47. The third-order valence-corrected chi connectivity index (χ3v) is 6.19. The molecule has 0 unspecified atom stereocenters. The molecule has 4 nitrogen and oxygen atoms in total. The summed E-state index contributed by atoms with van der Waals surface area (Å²) in [5.41, 5.74) is 2.26. The number of amides is 2. The predicted octanol–water partition coefficient (Wildman–Crippen LogP) is 4.84. The minimum absolute atomic E-state index is 0.0330. The molecule has 2 amide bonds. The van der Waals surface area contributed by atoms with Crippen molar-refractivity contribution in [3.05, 3.63) is 59.7 Å². The van der Waals surface area contributed by atoms with Crippen LogP contribution in [0.2, 0.25) is 0 Å². The molecule has 1 aliphatic carbocycles. The van der Waals surface area contributed by atoms with E-state index in [-0.39, 0.29) is 12.1 Å². The summed E-state index contributed by atoms with van der Waals surface area (Å²) in [6.45, 7) is 2.59. The standard InChI is InChI=1S/C24H29F2N3O/c25-19-8-9-22(23(26)15-19)18-5-3-4-17(14-18)16-29-12-10-21(11-13-29)28-24(30)27-20-6-1-2-7-20/h3-5,8-9,14-15,20-21H,1-2,6-7,10-13,16H2,(H2,27,28,30). The van der Waals surface area contributed by atoms with Gasteiger partial charge in [0.25, 0.3) is 0 Å².